The van der Waals surface area contributed by atoms with Crippen LogP contribution in [0.25, 0.3) is 0 Å². The molecule has 0 atom stereocenters. The van der Waals surface area contributed by atoms with E-state index in [-0.39, 0.29) is 0 Å². The lowest BCUT2D eigenvalue weighted by Gasteiger charge is -2.09. The Morgan fingerprint density at radius 1 is 1.37 bits per heavy atom. The van der Waals surface area contributed by atoms with Crippen LogP contribution in [0.15, 0.2) is 34.2 Å². The first-order chi connectivity index (χ1) is 9.17. The van der Waals surface area contributed by atoms with Gasteiger partial charge in [-0.25, -0.2) is 0 Å². The van der Waals surface area contributed by atoms with E-state index in [0.29, 0.717) is 0 Å². The van der Waals surface area contributed by atoms with E-state index in [9.17, 15) is 0 Å². The Balaban J connectivity index is 2.37. The van der Waals surface area contributed by atoms with E-state index >= 15 is 0 Å². The van der Waals surface area contributed by atoms with E-state index < -0.39 is 0 Å². The molecule has 5 heteroatoms. The summed E-state index contributed by atoms with van der Waals surface area (Å²) in [6, 6.07) is 7.93. The van der Waals surface area contributed by atoms with Crippen molar-refractivity contribution in [2.45, 2.75) is 36.7 Å². The predicted octanol–water partition coefficient (Wildman–Crippen LogP) is 3.34. The van der Waals surface area contributed by atoms with Crippen LogP contribution >= 0.6 is 11.8 Å². The summed E-state index contributed by atoms with van der Waals surface area (Å²) < 4.78 is 7.35. The molecular formula is C14H19N3OS. The molecule has 4 nitrogen and oxygen atoms in total. The van der Waals surface area contributed by atoms with E-state index in [2.05, 4.69) is 12.0 Å². The van der Waals surface area contributed by atoms with E-state index in [1.165, 1.54) is 0 Å². The van der Waals surface area contributed by atoms with Crippen molar-refractivity contribution in [3.8, 4) is 5.75 Å². The van der Waals surface area contributed by atoms with Gasteiger partial charge in [0.2, 0.25) is 0 Å². The topological polar surface area (TPSA) is 53.1 Å². The molecule has 1 aromatic heterocycles. The van der Waals surface area contributed by atoms with Crippen LogP contribution in [0.5, 0.6) is 5.75 Å². The van der Waals surface area contributed by atoms with Gasteiger partial charge >= 0.3 is 0 Å². The summed E-state index contributed by atoms with van der Waals surface area (Å²) >= 11 is 1.60. The largest absolute Gasteiger partial charge is 0.496 e. The molecule has 2 rings (SSSR count). The van der Waals surface area contributed by atoms with Crippen molar-refractivity contribution >= 4 is 17.4 Å². The molecule has 0 aliphatic rings. The third-order valence-electron chi connectivity index (χ3n) is 2.84. The fourth-order valence-electron chi connectivity index (χ4n) is 1.85. The maximum Gasteiger partial charge on any atom is 0.132 e. The maximum absolute atomic E-state index is 6.13. The smallest absolute Gasteiger partial charge is 0.132 e. The fraction of sp³-hybridized carbons (Fsp3) is 0.357. The van der Waals surface area contributed by atoms with Gasteiger partial charge in [-0.05, 0) is 25.5 Å². The molecule has 0 aliphatic heterocycles. The molecule has 0 unspecified atom stereocenters. The molecule has 0 spiro atoms. The van der Waals surface area contributed by atoms with Crippen molar-refractivity contribution in [2.75, 3.05) is 12.8 Å². The van der Waals surface area contributed by atoms with E-state index in [4.69, 9.17) is 10.5 Å². The van der Waals surface area contributed by atoms with Crippen LogP contribution in [-0.2, 0) is 6.54 Å². The number of hydrogen-bond acceptors (Lipinski definition) is 4. The average molecular weight is 277 g/mol. The molecule has 102 valence electrons. The summed E-state index contributed by atoms with van der Waals surface area (Å²) in [5.74, 6) is 0.855. The number of aryl methyl sites for hydroxylation is 2. The summed E-state index contributed by atoms with van der Waals surface area (Å²) in [5, 5.41) is 5.47. The first-order valence-electron chi connectivity index (χ1n) is 6.31. The number of nitrogens with two attached hydrogens (primary N) is 1. The number of nitrogen functional groups attached to an aromatic ring is 1. The zero-order valence-electron chi connectivity index (χ0n) is 11.5. The van der Waals surface area contributed by atoms with Crippen molar-refractivity contribution in [3.05, 3.63) is 30.0 Å². The lowest BCUT2D eigenvalue weighted by molar-refractivity contribution is 0.404. The second-order valence-corrected chi connectivity index (χ2v) is 5.31. The molecular weight excluding hydrogens is 258 g/mol. The lowest BCUT2D eigenvalue weighted by Crippen LogP contribution is -2.01. The van der Waals surface area contributed by atoms with Gasteiger partial charge in [-0.2, -0.15) is 5.10 Å². The number of rotatable bonds is 5. The van der Waals surface area contributed by atoms with Crippen LogP contribution in [0.2, 0.25) is 0 Å². The number of hydrogen-bond donors (Lipinski definition) is 1. The van der Waals surface area contributed by atoms with Gasteiger partial charge in [-0.3, -0.25) is 4.68 Å². The zero-order chi connectivity index (χ0) is 13.8. The number of benzene rings is 1. The number of aromatic nitrogens is 2. The minimum Gasteiger partial charge on any atom is -0.496 e. The Morgan fingerprint density at radius 3 is 2.79 bits per heavy atom. The van der Waals surface area contributed by atoms with Gasteiger partial charge in [-0.15, -0.1) is 0 Å². The SMILES string of the molecule is CCCn1nc(C)c(N)c1Sc1ccccc1OC. The summed E-state index contributed by atoms with van der Waals surface area (Å²) in [5.41, 5.74) is 7.76. The van der Waals surface area contributed by atoms with Gasteiger partial charge in [0.1, 0.15) is 10.8 Å². The zero-order valence-corrected chi connectivity index (χ0v) is 12.3. The highest BCUT2D eigenvalue weighted by molar-refractivity contribution is 7.99. The van der Waals surface area contributed by atoms with Crippen LogP contribution in [-0.4, -0.2) is 16.9 Å². The first-order valence-corrected chi connectivity index (χ1v) is 7.12. The molecule has 0 aliphatic carbocycles. The molecule has 0 radical (unpaired) electrons. The van der Waals surface area contributed by atoms with Gasteiger partial charge in [0.05, 0.1) is 23.4 Å². The van der Waals surface area contributed by atoms with Gasteiger partial charge in [0.25, 0.3) is 0 Å². The van der Waals surface area contributed by atoms with Gasteiger partial charge in [0.15, 0.2) is 0 Å². The molecule has 2 aromatic rings. The van der Waals surface area contributed by atoms with Crippen molar-refractivity contribution in [3.63, 3.8) is 0 Å². The third-order valence-corrected chi connectivity index (χ3v) is 4.02. The Labute approximate surface area is 117 Å². The van der Waals surface area contributed by atoms with Crippen LogP contribution < -0.4 is 10.5 Å². The number of anilines is 1. The fourth-order valence-corrected chi connectivity index (χ4v) is 2.95. The number of nitrogens with zero attached hydrogens (tertiary/aromatic N) is 2. The minimum atomic E-state index is 0.754. The summed E-state index contributed by atoms with van der Waals surface area (Å²) in [6.07, 6.45) is 1.03. The number of methoxy groups -OCH3 is 1. The monoisotopic (exact) mass is 277 g/mol. The summed E-state index contributed by atoms with van der Waals surface area (Å²) in [6.45, 7) is 4.94. The quantitative estimate of drug-likeness (QED) is 0.910. The minimum absolute atomic E-state index is 0.754. The standard InChI is InChI=1S/C14H19N3OS/c1-4-9-17-14(13(15)10(2)16-17)19-12-8-6-5-7-11(12)18-3/h5-8H,4,9,15H2,1-3H3. The van der Waals surface area contributed by atoms with Crippen LogP contribution in [0.3, 0.4) is 0 Å². The van der Waals surface area contributed by atoms with Crippen LogP contribution in [0, 0.1) is 6.92 Å². The predicted molar refractivity (Wildman–Crippen MR) is 78.8 cm³/mol. The van der Waals surface area contributed by atoms with Crippen molar-refractivity contribution in [1.29, 1.82) is 0 Å². The second-order valence-electron chi connectivity index (χ2n) is 4.28. The van der Waals surface area contributed by atoms with Crippen LogP contribution in [0.1, 0.15) is 19.0 Å². The Bertz CT molecular complexity index is 566. The van der Waals surface area contributed by atoms with Crippen LogP contribution in [0.4, 0.5) is 5.69 Å². The normalized spacial score (nSPS) is 10.7. The van der Waals surface area contributed by atoms with Crippen molar-refractivity contribution < 1.29 is 4.74 Å². The number of para-hydroxylation sites is 1. The number of ether oxygens (including phenoxy) is 1. The Hall–Kier alpha value is -1.62. The molecule has 1 aromatic carbocycles. The molecule has 0 bridgehead atoms. The first kappa shape index (κ1) is 13.8. The third kappa shape index (κ3) is 2.87. The molecule has 1 heterocycles. The Kier molecular flexibility index (Phi) is 4.37. The van der Waals surface area contributed by atoms with Crippen molar-refractivity contribution in [1.82, 2.24) is 9.78 Å². The van der Waals surface area contributed by atoms with E-state index in [1.807, 2.05) is 35.9 Å². The van der Waals surface area contributed by atoms with E-state index in [1.54, 1.807) is 18.9 Å². The highest BCUT2D eigenvalue weighted by Gasteiger charge is 2.15. The summed E-state index contributed by atoms with van der Waals surface area (Å²) in [4.78, 5) is 1.05. The van der Waals surface area contributed by atoms with E-state index in [0.717, 1.165) is 40.0 Å². The Morgan fingerprint density at radius 2 is 2.11 bits per heavy atom. The molecule has 0 saturated carbocycles. The highest BCUT2D eigenvalue weighted by Crippen LogP contribution is 2.38. The van der Waals surface area contributed by atoms with Gasteiger partial charge in [0, 0.05) is 6.54 Å². The summed E-state index contributed by atoms with van der Waals surface area (Å²) in [7, 11) is 1.68. The van der Waals surface area contributed by atoms with Gasteiger partial charge in [-0.1, -0.05) is 30.8 Å². The van der Waals surface area contributed by atoms with Crippen molar-refractivity contribution in [2.24, 2.45) is 0 Å². The molecule has 2 N–H and O–H groups in total. The molecule has 0 saturated heterocycles. The lowest BCUT2D eigenvalue weighted by atomic mass is 10.3. The van der Waals surface area contributed by atoms with Gasteiger partial charge < -0.3 is 10.5 Å². The molecule has 19 heavy (non-hydrogen) atoms. The highest BCUT2D eigenvalue weighted by atomic mass is 32.2. The maximum atomic E-state index is 6.13. The second kappa shape index (κ2) is 6.02. The average Bonchev–Trinajstić information content (AvgIpc) is 2.68. The molecule has 0 fully saturated rings. The molecule has 0 amide bonds.